The molecule has 3 rings (SSSR count). The molecular weight excluding hydrogens is 240 g/mol. The van der Waals surface area contributed by atoms with Crippen LogP contribution in [-0.2, 0) is 4.79 Å². The molecule has 1 N–H and O–H groups in total. The number of hydrogen-bond acceptors (Lipinski definition) is 3. The van der Waals surface area contributed by atoms with Crippen molar-refractivity contribution < 1.29 is 4.79 Å². The van der Waals surface area contributed by atoms with Crippen molar-refractivity contribution in [2.75, 3.05) is 6.54 Å². The number of aromatic nitrogens is 3. The Morgan fingerprint density at radius 3 is 3.11 bits per heavy atom. The lowest BCUT2D eigenvalue weighted by atomic mass is 9.98. The highest BCUT2D eigenvalue weighted by Gasteiger charge is 2.30. The van der Waals surface area contributed by atoms with Crippen LogP contribution in [0.2, 0.25) is 0 Å². The van der Waals surface area contributed by atoms with Crippen LogP contribution in [0, 0.1) is 5.92 Å². The summed E-state index contributed by atoms with van der Waals surface area (Å²) < 4.78 is 0. The zero-order valence-electron chi connectivity index (χ0n) is 11.1. The molecule has 0 bridgehead atoms. The summed E-state index contributed by atoms with van der Waals surface area (Å²) in [5, 5.41) is 6.83. The van der Waals surface area contributed by atoms with Crippen LogP contribution in [0.15, 0.2) is 18.5 Å². The van der Waals surface area contributed by atoms with Crippen LogP contribution in [0.5, 0.6) is 0 Å². The maximum Gasteiger partial charge on any atom is 0.223 e. The minimum Gasteiger partial charge on any atom is -0.332 e. The minimum absolute atomic E-state index is 0.0918. The highest BCUT2D eigenvalue weighted by atomic mass is 16.2. The van der Waals surface area contributed by atoms with Gasteiger partial charge in [-0.15, -0.1) is 0 Å². The number of rotatable bonds is 3. The van der Waals surface area contributed by atoms with Gasteiger partial charge in [0.2, 0.25) is 5.91 Å². The van der Waals surface area contributed by atoms with Gasteiger partial charge in [0.15, 0.2) is 0 Å². The average molecular weight is 260 g/mol. The number of amides is 1. The van der Waals surface area contributed by atoms with Crippen LogP contribution in [0.3, 0.4) is 0 Å². The zero-order chi connectivity index (χ0) is 13.1. The van der Waals surface area contributed by atoms with Gasteiger partial charge in [-0.1, -0.05) is 12.2 Å². The number of carbonyl (C=O) groups is 1. The Morgan fingerprint density at radius 2 is 2.37 bits per heavy atom. The van der Waals surface area contributed by atoms with Gasteiger partial charge in [0.05, 0.1) is 6.04 Å². The highest BCUT2D eigenvalue weighted by Crippen LogP contribution is 2.30. The van der Waals surface area contributed by atoms with E-state index in [1.807, 2.05) is 4.90 Å². The Bertz CT molecular complexity index is 454. The van der Waals surface area contributed by atoms with Gasteiger partial charge in [-0.25, -0.2) is 4.98 Å². The predicted molar refractivity (Wildman–Crippen MR) is 71.2 cm³/mol. The van der Waals surface area contributed by atoms with Crippen molar-refractivity contribution in [1.29, 1.82) is 0 Å². The second-order valence-corrected chi connectivity index (χ2v) is 5.44. The van der Waals surface area contributed by atoms with E-state index in [9.17, 15) is 4.79 Å². The monoisotopic (exact) mass is 260 g/mol. The fourth-order valence-corrected chi connectivity index (χ4v) is 3.10. The van der Waals surface area contributed by atoms with E-state index in [4.69, 9.17) is 0 Å². The Morgan fingerprint density at radius 1 is 1.42 bits per heavy atom. The maximum atomic E-state index is 12.5. The van der Waals surface area contributed by atoms with Crippen molar-refractivity contribution in [1.82, 2.24) is 20.1 Å². The summed E-state index contributed by atoms with van der Waals surface area (Å²) in [6, 6.07) is 0.0918. The number of piperidine rings is 1. The number of likely N-dealkylation sites (tertiary alicyclic amines) is 1. The Kier molecular flexibility index (Phi) is 3.62. The first-order valence-electron chi connectivity index (χ1n) is 7.16. The van der Waals surface area contributed by atoms with Crippen molar-refractivity contribution >= 4 is 5.91 Å². The van der Waals surface area contributed by atoms with Gasteiger partial charge >= 0.3 is 0 Å². The molecule has 2 heterocycles. The summed E-state index contributed by atoms with van der Waals surface area (Å²) in [6.07, 6.45) is 12.0. The Labute approximate surface area is 113 Å². The van der Waals surface area contributed by atoms with Crippen molar-refractivity contribution in [3.05, 3.63) is 24.3 Å². The number of carbonyl (C=O) groups excluding carboxylic acids is 1. The summed E-state index contributed by atoms with van der Waals surface area (Å²) in [7, 11) is 0. The lowest BCUT2D eigenvalue weighted by molar-refractivity contribution is -0.136. The molecule has 5 heteroatoms. The van der Waals surface area contributed by atoms with Gasteiger partial charge in [0.1, 0.15) is 12.2 Å². The van der Waals surface area contributed by atoms with E-state index in [-0.39, 0.29) is 11.9 Å². The summed E-state index contributed by atoms with van der Waals surface area (Å²) >= 11 is 0. The van der Waals surface area contributed by atoms with E-state index in [0.717, 1.165) is 44.5 Å². The van der Waals surface area contributed by atoms with Gasteiger partial charge in [-0.05, 0) is 38.0 Å². The number of nitrogens with one attached hydrogen (secondary N) is 1. The molecule has 102 valence electrons. The van der Waals surface area contributed by atoms with E-state index in [2.05, 4.69) is 27.3 Å². The molecule has 2 atom stereocenters. The van der Waals surface area contributed by atoms with E-state index in [1.54, 1.807) is 0 Å². The molecule has 1 aliphatic carbocycles. The SMILES string of the molecule is O=C(C[C@H]1C=CCC1)N1CCCC[C@H]1c1ncn[nH]1. The molecule has 1 aliphatic heterocycles. The molecule has 0 saturated carbocycles. The molecule has 0 unspecified atom stereocenters. The molecule has 2 aliphatic rings. The van der Waals surface area contributed by atoms with E-state index in [0.29, 0.717) is 12.3 Å². The van der Waals surface area contributed by atoms with Gasteiger partial charge in [0.25, 0.3) is 0 Å². The van der Waals surface area contributed by atoms with Crippen LogP contribution in [0.25, 0.3) is 0 Å². The van der Waals surface area contributed by atoms with E-state index in [1.165, 1.54) is 6.33 Å². The van der Waals surface area contributed by atoms with Crippen LogP contribution < -0.4 is 0 Å². The van der Waals surface area contributed by atoms with Crippen LogP contribution in [0.1, 0.15) is 50.4 Å². The van der Waals surface area contributed by atoms with Crippen molar-refractivity contribution in [2.24, 2.45) is 5.92 Å². The van der Waals surface area contributed by atoms with Crippen LogP contribution in [-0.4, -0.2) is 32.5 Å². The molecule has 1 aromatic heterocycles. The molecule has 5 nitrogen and oxygen atoms in total. The molecular formula is C14H20N4O. The van der Waals surface area contributed by atoms with Crippen molar-refractivity contribution in [3.63, 3.8) is 0 Å². The summed E-state index contributed by atoms with van der Waals surface area (Å²) in [5.41, 5.74) is 0. The normalized spacial score (nSPS) is 26.8. The molecule has 1 saturated heterocycles. The van der Waals surface area contributed by atoms with Gasteiger partial charge < -0.3 is 4.90 Å². The third-order valence-corrected chi connectivity index (χ3v) is 4.12. The number of nitrogens with zero attached hydrogens (tertiary/aromatic N) is 3. The van der Waals surface area contributed by atoms with Crippen LogP contribution in [0.4, 0.5) is 0 Å². The number of aromatic amines is 1. The van der Waals surface area contributed by atoms with E-state index >= 15 is 0 Å². The molecule has 1 aromatic rings. The lowest BCUT2D eigenvalue weighted by Gasteiger charge is -2.35. The highest BCUT2D eigenvalue weighted by molar-refractivity contribution is 5.77. The molecule has 0 aromatic carbocycles. The second-order valence-electron chi connectivity index (χ2n) is 5.44. The molecule has 19 heavy (non-hydrogen) atoms. The zero-order valence-corrected chi connectivity index (χ0v) is 11.1. The third-order valence-electron chi connectivity index (χ3n) is 4.12. The molecule has 1 amide bonds. The largest absolute Gasteiger partial charge is 0.332 e. The van der Waals surface area contributed by atoms with Gasteiger partial charge in [-0.2, -0.15) is 5.10 Å². The number of allylic oxidation sites excluding steroid dienone is 2. The quantitative estimate of drug-likeness (QED) is 0.848. The Balaban J connectivity index is 1.69. The predicted octanol–water partition coefficient (Wildman–Crippen LogP) is 2.21. The third kappa shape index (κ3) is 2.69. The topological polar surface area (TPSA) is 61.9 Å². The minimum atomic E-state index is 0.0918. The number of hydrogen-bond donors (Lipinski definition) is 1. The Hall–Kier alpha value is -1.65. The second kappa shape index (κ2) is 5.55. The summed E-state index contributed by atoms with van der Waals surface area (Å²) in [6.45, 7) is 0.848. The van der Waals surface area contributed by atoms with Gasteiger partial charge in [0, 0.05) is 13.0 Å². The van der Waals surface area contributed by atoms with Crippen molar-refractivity contribution in [2.45, 2.75) is 44.6 Å². The van der Waals surface area contributed by atoms with E-state index < -0.39 is 0 Å². The summed E-state index contributed by atoms with van der Waals surface area (Å²) in [4.78, 5) is 18.7. The van der Waals surface area contributed by atoms with Gasteiger partial charge in [-0.3, -0.25) is 9.89 Å². The van der Waals surface area contributed by atoms with Crippen LogP contribution >= 0.6 is 0 Å². The molecule has 0 spiro atoms. The fraction of sp³-hybridized carbons (Fsp3) is 0.643. The first-order chi connectivity index (χ1) is 9.34. The first-order valence-corrected chi connectivity index (χ1v) is 7.16. The number of H-pyrrole nitrogens is 1. The fourth-order valence-electron chi connectivity index (χ4n) is 3.10. The summed E-state index contributed by atoms with van der Waals surface area (Å²) in [5.74, 6) is 1.53. The standard InChI is InChI=1S/C14H20N4O/c19-13(9-11-5-1-2-6-11)18-8-4-3-7-12(18)14-15-10-16-17-14/h1,5,10-12H,2-4,6-9H2,(H,15,16,17)/t11-,12-/m0/s1. The lowest BCUT2D eigenvalue weighted by Crippen LogP contribution is -2.39. The van der Waals surface area contributed by atoms with Crippen molar-refractivity contribution in [3.8, 4) is 0 Å². The molecule has 1 fully saturated rings. The molecule has 0 radical (unpaired) electrons. The average Bonchev–Trinajstić information content (AvgIpc) is 3.11. The maximum absolute atomic E-state index is 12.5. The first kappa shape index (κ1) is 12.4. The smallest absolute Gasteiger partial charge is 0.223 e.